The Morgan fingerprint density at radius 2 is 1.94 bits per heavy atom. The SMILES string of the molecule is CC(NC(=O)NCC1(C)CC1)C(C)C(=O)O. The maximum absolute atomic E-state index is 11.4. The lowest BCUT2D eigenvalue weighted by atomic mass is 10.0. The van der Waals surface area contributed by atoms with Crippen LogP contribution in [-0.4, -0.2) is 29.7 Å². The van der Waals surface area contributed by atoms with E-state index in [1.54, 1.807) is 13.8 Å². The number of nitrogens with one attached hydrogen (secondary N) is 2. The Morgan fingerprint density at radius 1 is 1.38 bits per heavy atom. The molecule has 5 heteroatoms. The third-order valence-electron chi connectivity index (χ3n) is 3.28. The lowest BCUT2D eigenvalue weighted by molar-refractivity contribution is -0.141. The molecular weight excluding hydrogens is 208 g/mol. The first-order valence-corrected chi connectivity index (χ1v) is 5.61. The van der Waals surface area contributed by atoms with E-state index in [4.69, 9.17) is 5.11 Å². The van der Waals surface area contributed by atoms with Crippen LogP contribution in [0.15, 0.2) is 0 Å². The molecule has 0 radical (unpaired) electrons. The van der Waals surface area contributed by atoms with Crippen LogP contribution >= 0.6 is 0 Å². The maximum atomic E-state index is 11.4. The van der Waals surface area contributed by atoms with Gasteiger partial charge in [0.05, 0.1) is 5.92 Å². The van der Waals surface area contributed by atoms with Crippen LogP contribution in [0.4, 0.5) is 4.79 Å². The van der Waals surface area contributed by atoms with Gasteiger partial charge >= 0.3 is 12.0 Å². The van der Waals surface area contributed by atoms with Gasteiger partial charge < -0.3 is 15.7 Å². The molecule has 1 saturated carbocycles. The summed E-state index contributed by atoms with van der Waals surface area (Å²) in [5.41, 5.74) is 0.263. The number of urea groups is 1. The lowest BCUT2D eigenvalue weighted by Gasteiger charge is -2.19. The molecule has 0 spiro atoms. The van der Waals surface area contributed by atoms with E-state index in [0.29, 0.717) is 6.54 Å². The van der Waals surface area contributed by atoms with Crippen molar-refractivity contribution in [2.45, 2.75) is 39.7 Å². The predicted molar refractivity (Wildman–Crippen MR) is 60.1 cm³/mol. The van der Waals surface area contributed by atoms with Gasteiger partial charge in [-0.25, -0.2) is 4.79 Å². The first-order chi connectivity index (χ1) is 7.34. The highest BCUT2D eigenvalue weighted by atomic mass is 16.4. The van der Waals surface area contributed by atoms with Crippen LogP contribution in [0.1, 0.15) is 33.6 Å². The van der Waals surface area contributed by atoms with Crippen molar-refractivity contribution in [2.75, 3.05) is 6.54 Å². The molecule has 0 aromatic rings. The molecule has 2 unspecified atom stereocenters. The van der Waals surface area contributed by atoms with Crippen LogP contribution in [-0.2, 0) is 4.79 Å². The van der Waals surface area contributed by atoms with E-state index in [9.17, 15) is 9.59 Å². The number of aliphatic carboxylic acids is 1. The fourth-order valence-corrected chi connectivity index (χ4v) is 1.28. The fraction of sp³-hybridized carbons (Fsp3) is 0.818. The molecule has 1 fully saturated rings. The first-order valence-electron chi connectivity index (χ1n) is 5.61. The van der Waals surface area contributed by atoms with Gasteiger partial charge in [-0.1, -0.05) is 6.92 Å². The Kier molecular flexibility index (Phi) is 3.78. The quantitative estimate of drug-likeness (QED) is 0.661. The van der Waals surface area contributed by atoms with Gasteiger partial charge in [-0.2, -0.15) is 0 Å². The number of hydrogen-bond donors (Lipinski definition) is 3. The predicted octanol–water partition coefficient (Wildman–Crippen LogP) is 1.19. The van der Waals surface area contributed by atoms with Gasteiger partial charge in [-0.05, 0) is 32.1 Å². The highest BCUT2D eigenvalue weighted by molar-refractivity contribution is 5.76. The van der Waals surface area contributed by atoms with Crippen molar-refractivity contribution in [1.82, 2.24) is 10.6 Å². The zero-order chi connectivity index (χ0) is 12.3. The summed E-state index contributed by atoms with van der Waals surface area (Å²) < 4.78 is 0. The Morgan fingerprint density at radius 3 is 2.38 bits per heavy atom. The summed E-state index contributed by atoms with van der Waals surface area (Å²) in [4.78, 5) is 22.1. The van der Waals surface area contributed by atoms with Gasteiger partial charge in [0.2, 0.25) is 0 Å². The zero-order valence-corrected chi connectivity index (χ0v) is 10.0. The molecule has 16 heavy (non-hydrogen) atoms. The third kappa shape index (κ3) is 3.72. The average Bonchev–Trinajstić information content (AvgIpc) is 2.93. The molecule has 2 amide bonds. The minimum absolute atomic E-state index is 0.263. The van der Waals surface area contributed by atoms with E-state index in [2.05, 4.69) is 17.6 Å². The van der Waals surface area contributed by atoms with Crippen molar-refractivity contribution in [1.29, 1.82) is 0 Å². The van der Waals surface area contributed by atoms with Crippen molar-refractivity contribution in [3.8, 4) is 0 Å². The van der Waals surface area contributed by atoms with Gasteiger partial charge in [-0.15, -0.1) is 0 Å². The number of carbonyl (C=O) groups excluding carboxylic acids is 1. The average molecular weight is 228 g/mol. The van der Waals surface area contributed by atoms with Crippen LogP contribution in [0, 0.1) is 11.3 Å². The molecule has 0 aromatic carbocycles. The molecule has 1 aliphatic rings. The molecule has 0 bridgehead atoms. The highest BCUT2D eigenvalue weighted by Crippen LogP contribution is 2.43. The van der Waals surface area contributed by atoms with Crippen LogP contribution < -0.4 is 10.6 Å². The second-order valence-corrected chi connectivity index (χ2v) is 5.05. The number of carboxylic acids is 1. The van der Waals surface area contributed by atoms with Gasteiger partial charge in [-0.3, -0.25) is 4.79 Å². The molecule has 0 aromatic heterocycles. The molecular formula is C11H20N2O3. The summed E-state index contributed by atoms with van der Waals surface area (Å²) in [6, 6.07) is -0.654. The second kappa shape index (κ2) is 4.72. The van der Waals surface area contributed by atoms with Gasteiger partial charge in [0.1, 0.15) is 0 Å². The number of carbonyl (C=O) groups is 2. The van der Waals surface area contributed by atoms with Crippen LogP contribution in [0.5, 0.6) is 0 Å². The van der Waals surface area contributed by atoms with E-state index >= 15 is 0 Å². The largest absolute Gasteiger partial charge is 0.481 e. The Bertz CT molecular complexity index is 287. The maximum Gasteiger partial charge on any atom is 0.315 e. The Hall–Kier alpha value is -1.26. The molecule has 92 valence electrons. The van der Waals surface area contributed by atoms with Gasteiger partial charge in [0.25, 0.3) is 0 Å². The molecule has 1 aliphatic carbocycles. The summed E-state index contributed by atoms with van der Waals surface area (Å²) in [6.07, 6.45) is 2.29. The number of carboxylic acid groups (broad SMARTS) is 1. The molecule has 3 N–H and O–H groups in total. The fourth-order valence-electron chi connectivity index (χ4n) is 1.28. The zero-order valence-electron chi connectivity index (χ0n) is 10.0. The smallest absolute Gasteiger partial charge is 0.315 e. The Balaban J connectivity index is 2.25. The van der Waals surface area contributed by atoms with Gasteiger partial charge in [0.15, 0.2) is 0 Å². The number of rotatable bonds is 5. The van der Waals surface area contributed by atoms with E-state index in [1.165, 1.54) is 0 Å². The topological polar surface area (TPSA) is 78.4 Å². The van der Waals surface area contributed by atoms with E-state index in [1.807, 2.05) is 0 Å². The molecule has 0 aliphatic heterocycles. The molecule has 0 heterocycles. The molecule has 0 saturated heterocycles. The highest BCUT2D eigenvalue weighted by Gasteiger charge is 2.37. The van der Waals surface area contributed by atoms with Crippen LogP contribution in [0.25, 0.3) is 0 Å². The minimum atomic E-state index is -0.901. The standard InChI is InChI=1S/C11H20N2O3/c1-7(9(14)15)8(2)13-10(16)12-6-11(3)4-5-11/h7-8H,4-6H2,1-3H3,(H,14,15)(H2,12,13,16). The van der Waals surface area contributed by atoms with Crippen LogP contribution in [0.2, 0.25) is 0 Å². The normalized spacial score (nSPS) is 20.7. The first kappa shape index (κ1) is 12.8. The van der Waals surface area contributed by atoms with Crippen molar-refractivity contribution in [3.63, 3.8) is 0 Å². The van der Waals surface area contributed by atoms with E-state index < -0.39 is 11.9 Å². The van der Waals surface area contributed by atoms with Crippen molar-refractivity contribution >= 4 is 12.0 Å². The van der Waals surface area contributed by atoms with E-state index in [0.717, 1.165) is 12.8 Å². The lowest BCUT2D eigenvalue weighted by Crippen LogP contribution is -2.46. The number of hydrogen-bond acceptors (Lipinski definition) is 2. The summed E-state index contributed by atoms with van der Waals surface area (Å²) >= 11 is 0. The summed E-state index contributed by atoms with van der Waals surface area (Å²) in [7, 11) is 0. The minimum Gasteiger partial charge on any atom is -0.481 e. The summed E-state index contributed by atoms with van der Waals surface area (Å²) in [5.74, 6) is -1.48. The number of amides is 2. The molecule has 5 nitrogen and oxygen atoms in total. The second-order valence-electron chi connectivity index (χ2n) is 5.05. The van der Waals surface area contributed by atoms with Crippen molar-refractivity contribution in [3.05, 3.63) is 0 Å². The molecule has 2 atom stereocenters. The summed E-state index contributed by atoms with van der Waals surface area (Å²) in [5, 5.41) is 14.2. The van der Waals surface area contributed by atoms with Crippen molar-refractivity contribution < 1.29 is 14.7 Å². The monoisotopic (exact) mass is 228 g/mol. The third-order valence-corrected chi connectivity index (χ3v) is 3.28. The summed E-state index contributed by atoms with van der Waals surface area (Å²) in [6.45, 7) is 6.05. The van der Waals surface area contributed by atoms with Crippen LogP contribution in [0.3, 0.4) is 0 Å². The van der Waals surface area contributed by atoms with Crippen molar-refractivity contribution in [2.24, 2.45) is 11.3 Å². The molecule has 1 rings (SSSR count). The van der Waals surface area contributed by atoms with Gasteiger partial charge in [0, 0.05) is 12.6 Å². The Labute approximate surface area is 95.6 Å². The van der Waals surface area contributed by atoms with E-state index in [-0.39, 0.29) is 17.5 Å².